The van der Waals surface area contributed by atoms with E-state index in [0.717, 1.165) is 22.6 Å². The van der Waals surface area contributed by atoms with Crippen molar-refractivity contribution in [3.63, 3.8) is 0 Å². The van der Waals surface area contributed by atoms with Crippen molar-refractivity contribution in [1.29, 1.82) is 0 Å². The lowest BCUT2D eigenvalue weighted by Crippen LogP contribution is -2.25. The maximum absolute atomic E-state index is 11.8. The summed E-state index contributed by atoms with van der Waals surface area (Å²) in [4.78, 5) is 11.8. The molecule has 0 saturated carbocycles. The van der Waals surface area contributed by atoms with E-state index in [1.54, 1.807) is 10.9 Å². The Balaban J connectivity index is 1.87. The van der Waals surface area contributed by atoms with Crippen LogP contribution in [-0.4, -0.2) is 40.2 Å². The van der Waals surface area contributed by atoms with E-state index in [1.165, 1.54) is 5.56 Å². The minimum atomic E-state index is -0.232. The second-order valence-corrected chi connectivity index (χ2v) is 5.54. The van der Waals surface area contributed by atoms with E-state index >= 15 is 0 Å². The molecule has 1 aromatic heterocycles. The highest BCUT2D eigenvalue weighted by Gasteiger charge is 2.09. The Labute approximate surface area is 141 Å². The smallest absolute Gasteiger partial charge is 0.259 e. The molecule has 0 aliphatic rings. The number of aliphatic hydroxyl groups is 1. The molecule has 0 atom stereocenters. The van der Waals surface area contributed by atoms with Crippen LogP contribution < -0.4 is 10.7 Å². The van der Waals surface area contributed by atoms with Gasteiger partial charge in [-0.3, -0.25) is 9.48 Å². The molecule has 1 amide bonds. The molecular formula is C17H23N5O2. The number of aromatic nitrogens is 2. The molecule has 0 saturated heterocycles. The Bertz CT molecular complexity index is 719. The average Bonchev–Trinajstić information content (AvgIpc) is 2.82. The lowest BCUT2D eigenvalue weighted by Gasteiger charge is -2.05. The van der Waals surface area contributed by atoms with Crippen LogP contribution in [-0.2, 0) is 11.3 Å². The average molecular weight is 329 g/mol. The second-order valence-electron chi connectivity index (χ2n) is 5.54. The van der Waals surface area contributed by atoms with Crippen molar-refractivity contribution in [3.8, 4) is 0 Å². The number of carbonyl (C=O) groups is 1. The molecule has 3 N–H and O–H groups in total. The summed E-state index contributed by atoms with van der Waals surface area (Å²) in [6, 6.07) is 7.81. The van der Waals surface area contributed by atoms with Crippen LogP contribution in [0.15, 0.2) is 29.4 Å². The van der Waals surface area contributed by atoms with Gasteiger partial charge in [-0.15, -0.1) is 0 Å². The van der Waals surface area contributed by atoms with Crippen LogP contribution in [0.4, 0.5) is 5.69 Å². The van der Waals surface area contributed by atoms with E-state index in [0.29, 0.717) is 6.54 Å². The Morgan fingerprint density at radius 3 is 2.67 bits per heavy atom. The zero-order valence-corrected chi connectivity index (χ0v) is 14.2. The van der Waals surface area contributed by atoms with Crippen LogP contribution >= 0.6 is 0 Å². The third kappa shape index (κ3) is 4.66. The van der Waals surface area contributed by atoms with Crippen LogP contribution in [0.3, 0.4) is 0 Å². The number of anilines is 1. The molecule has 0 radical (unpaired) electrons. The minimum absolute atomic E-state index is 0.0277. The van der Waals surface area contributed by atoms with Gasteiger partial charge in [-0.1, -0.05) is 17.7 Å². The van der Waals surface area contributed by atoms with Gasteiger partial charge in [0, 0.05) is 16.9 Å². The zero-order chi connectivity index (χ0) is 17.5. The maximum atomic E-state index is 11.8. The summed E-state index contributed by atoms with van der Waals surface area (Å²) in [6.45, 7) is 6.38. The van der Waals surface area contributed by atoms with Gasteiger partial charge < -0.3 is 10.4 Å². The molecule has 1 heterocycles. The highest BCUT2D eigenvalue weighted by atomic mass is 16.3. The molecule has 7 nitrogen and oxygen atoms in total. The summed E-state index contributed by atoms with van der Waals surface area (Å²) in [7, 11) is 0. The molecule has 24 heavy (non-hydrogen) atoms. The van der Waals surface area contributed by atoms with Crippen molar-refractivity contribution < 1.29 is 9.90 Å². The number of hydrogen-bond acceptors (Lipinski definition) is 5. The van der Waals surface area contributed by atoms with Crippen LogP contribution in [0.5, 0.6) is 0 Å². The van der Waals surface area contributed by atoms with Gasteiger partial charge >= 0.3 is 0 Å². The van der Waals surface area contributed by atoms with E-state index in [2.05, 4.69) is 20.9 Å². The van der Waals surface area contributed by atoms with Crippen molar-refractivity contribution in [2.45, 2.75) is 27.3 Å². The Morgan fingerprint density at radius 1 is 1.29 bits per heavy atom. The quantitative estimate of drug-likeness (QED) is 0.528. The van der Waals surface area contributed by atoms with E-state index in [4.69, 9.17) is 5.11 Å². The first-order chi connectivity index (χ1) is 11.5. The van der Waals surface area contributed by atoms with Gasteiger partial charge in [0.1, 0.15) is 0 Å². The van der Waals surface area contributed by atoms with Gasteiger partial charge in [0.15, 0.2) is 0 Å². The third-order valence-electron chi connectivity index (χ3n) is 3.64. The number of nitrogens with zero attached hydrogens (tertiary/aromatic N) is 3. The van der Waals surface area contributed by atoms with Crippen LogP contribution in [0.2, 0.25) is 0 Å². The lowest BCUT2D eigenvalue weighted by molar-refractivity contribution is -0.119. The molecule has 0 aliphatic carbocycles. The number of carbonyl (C=O) groups excluding carboxylic acids is 1. The predicted molar refractivity (Wildman–Crippen MR) is 94.2 cm³/mol. The van der Waals surface area contributed by atoms with Gasteiger partial charge in [-0.05, 0) is 32.9 Å². The molecule has 0 fully saturated rings. The highest BCUT2D eigenvalue weighted by Crippen LogP contribution is 2.10. The first-order valence-electron chi connectivity index (χ1n) is 7.78. The van der Waals surface area contributed by atoms with E-state index < -0.39 is 0 Å². The predicted octanol–water partition coefficient (Wildman–Crippen LogP) is 1.36. The van der Waals surface area contributed by atoms with Crippen LogP contribution in [0.25, 0.3) is 0 Å². The maximum Gasteiger partial charge on any atom is 0.259 e. The monoisotopic (exact) mass is 329 g/mol. The first kappa shape index (κ1) is 17.7. The van der Waals surface area contributed by atoms with Gasteiger partial charge in [0.25, 0.3) is 5.91 Å². The number of hydrogen-bond donors (Lipinski definition) is 3. The lowest BCUT2D eigenvalue weighted by atomic mass is 10.2. The summed E-state index contributed by atoms with van der Waals surface area (Å²) in [5.41, 5.74) is 7.09. The minimum Gasteiger partial charge on any atom is -0.394 e. The summed E-state index contributed by atoms with van der Waals surface area (Å²) in [6.07, 6.45) is 1.58. The van der Waals surface area contributed by atoms with E-state index in [-0.39, 0.29) is 19.1 Å². The van der Waals surface area contributed by atoms with E-state index in [9.17, 15) is 4.79 Å². The van der Waals surface area contributed by atoms with Gasteiger partial charge in [0.05, 0.1) is 31.6 Å². The van der Waals surface area contributed by atoms with Crippen molar-refractivity contribution in [2.75, 3.05) is 18.5 Å². The fourth-order valence-electron chi connectivity index (χ4n) is 2.27. The molecule has 128 valence electrons. The number of aryl methyl sites for hydroxylation is 2. The van der Waals surface area contributed by atoms with Crippen molar-refractivity contribution >= 4 is 17.8 Å². The summed E-state index contributed by atoms with van der Waals surface area (Å²) in [5.74, 6) is -0.232. The van der Waals surface area contributed by atoms with Crippen LogP contribution in [0, 0.1) is 20.8 Å². The number of hydrazone groups is 1. The Morgan fingerprint density at radius 2 is 2.00 bits per heavy atom. The molecule has 0 bridgehead atoms. The van der Waals surface area contributed by atoms with Gasteiger partial charge in [-0.25, -0.2) is 5.43 Å². The molecular weight excluding hydrogens is 306 g/mol. The number of benzene rings is 1. The van der Waals surface area contributed by atoms with Crippen LogP contribution in [0.1, 0.15) is 22.5 Å². The molecule has 0 aliphatic heterocycles. The molecule has 0 unspecified atom stereocenters. The molecule has 0 spiro atoms. The SMILES string of the molecule is Cc1ccc(NCC(=O)N/N=C/c2c(C)nn(CCO)c2C)cc1. The molecule has 1 aromatic carbocycles. The second kappa shape index (κ2) is 8.26. The fraction of sp³-hybridized carbons (Fsp3) is 0.353. The zero-order valence-electron chi connectivity index (χ0n) is 14.2. The number of amides is 1. The molecule has 2 aromatic rings. The van der Waals surface area contributed by atoms with Crippen molar-refractivity contribution in [3.05, 3.63) is 46.8 Å². The van der Waals surface area contributed by atoms with Gasteiger partial charge in [0.2, 0.25) is 0 Å². The Hall–Kier alpha value is -2.67. The normalized spacial score (nSPS) is 11.0. The largest absolute Gasteiger partial charge is 0.394 e. The van der Waals surface area contributed by atoms with Gasteiger partial charge in [-0.2, -0.15) is 10.2 Å². The summed E-state index contributed by atoms with van der Waals surface area (Å²) >= 11 is 0. The third-order valence-corrected chi connectivity index (χ3v) is 3.64. The Kier molecular flexibility index (Phi) is 6.08. The number of aliphatic hydroxyl groups excluding tert-OH is 1. The molecule has 2 rings (SSSR count). The molecule has 7 heteroatoms. The number of nitrogens with one attached hydrogen (secondary N) is 2. The number of rotatable bonds is 7. The summed E-state index contributed by atoms with van der Waals surface area (Å²) < 4.78 is 1.72. The van der Waals surface area contributed by atoms with Crippen molar-refractivity contribution in [1.82, 2.24) is 15.2 Å². The van der Waals surface area contributed by atoms with E-state index in [1.807, 2.05) is 45.0 Å². The highest BCUT2D eigenvalue weighted by molar-refractivity contribution is 5.85. The standard InChI is InChI=1S/C17H23N5O2/c1-12-4-6-15(7-5-12)18-11-17(24)20-19-10-16-13(2)21-22(8-9-23)14(16)3/h4-7,10,18,23H,8-9,11H2,1-3H3,(H,20,24)/b19-10+. The fourth-order valence-corrected chi connectivity index (χ4v) is 2.27. The van der Waals surface area contributed by atoms with Crippen molar-refractivity contribution in [2.24, 2.45) is 5.10 Å². The topological polar surface area (TPSA) is 91.5 Å². The first-order valence-corrected chi connectivity index (χ1v) is 7.78. The summed E-state index contributed by atoms with van der Waals surface area (Å²) in [5, 5.41) is 20.3.